The molecule has 0 fully saturated rings. The summed E-state index contributed by atoms with van der Waals surface area (Å²) in [5.41, 5.74) is 3.90. The van der Waals surface area contributed by atoms with Gasteiger partial charge in [-0.05, 0) is 36.8 Å². The van der Waals surface area contributed by atoms with Crippen molar-refractivity contribution in [2.24, 2.45) is 5.73 Å². The molecule has 1 aromatic heterocycles. The molecule has 0 unspecified atom stereocenters. The third kappa shape index (κ3) is 3.18. The lowest BCUT2D eigenvalue weighted by molar-refractivity contribution is -0.141. The van der Waals surface area contributed by atoms with Crippen LogP contribution in [0.3, 0.4) is 0 Å². The van der Waals surface area contributed by atoms with Gasteiger partial charge in [0.1, 0.15) is 17.3 Å². The second-order valence-corrected chi connectivity index (χ2v) is 4.57. The predicted octanol–water partition coefficient (Wildman–Crippen LogP) is 4.07. The van der Waals surface area contributed by atoms with E-state index >= 15 is 0 Å². The molecule has 112 valence electrons. The van der Waals surface area contributed by atoms with Crippen molar-refractivity contribution in [3.8, 4) is 11.1 Å². The third-order valence-electron chi connectivity index (χ3n) is 2.94. The molecule has 0 amide bonds. The van der Waals surface area contributed by atoms with Crippen LogP contribution >= 0.6 is 0 Å². The van der Waals surface area contributed by atoms with E-state index in [1.807, 2.05) is 0 Å². The van der Waals surface area contributed by atoms with Gasteiger partial charge >= 0.3 is 6.18 Å². The number of alkyl halides is 3. The molecule has 2 N–H and O–H groups in total. The minimum absolute atomic E-state index is 0.0404. The topological polar surface area (TPSA) is 38.9 Å². The average Bonchev–Trinajstić information content (AvgIpc) is 2.40. The number of halogens is 5. The second kappa shape index (κ2) is 5.40. The van der Waals surface area contributed by atoms with E-state index in [-0.39, 0.29) is 16.7 Å². The second-order valence-electron chi connectivity index (χ2n) is 4.57. The lowest BCUT2D eigenvalue weighted by Gasteiger charge is -2.12. The fourth-order valence-electron chi connectivity index (χ4n) is 1.89. The van der Waals surface area contributed by atoms with Gasteiger partial charge in [-0.1, -0.05) is 0 Å². The van der Waals surface area contributed by atoms with Gasteiger partial charge in [0.25, 0.3) is 0 Å². The van der Waals surface area contributed by atoms with Gasteiger partial charge < -0.3 is 5.73 Å². The molecule has 1 heterocycles. The van der Waals surface area contributed by atoms with Gasteiger partial charge in [-0.15, -0.1) is 0 Å². The minimum atomic E-state index is -4.66. The highest BCUT2D eigenvalue weighted by Crippen LogP contribution is 2.32. The molecule has 0 bridgehead atoms. The van der Waals surface area contributed by atoms with Crippen molar-refractivity contribution in [1.82, 2.24) is 4.98 Å². The number of rotatable bonds is 2. The van der Waals surface area contributed by atoms with Gasteiger partial charge in [-0.2, -0.15) is 13.2 Å². The highest BCUT2D eigenvalue weighted by molar-refractivity contribution is 5.65. The lowest BCUT2D eigenvalue weighted by Crippen LogP contribution is -2.09. The molecule has 0 aliphatic heterocycles. The van der Waals surface area contributed by atoms with Crippen molar-refractivity contribution in [1.29, 1.82) is 0 Å². The van der Waals surface area contributed by atoms with Gasteiger partial charge in [0.05, 0.1) is 0 Å². The molecule has 0 saturated heterocycles. The van der Waals surface area contributed by atoms with Crippen LogP contribution in [0.15, 0.2) is 30.5 Å². The minimum Gasteiger partial charge on any atom is -0.324 e. The van der Waals surface area contributed by atoms with E-state index in [1.165, 1.54) is 13.0 Å². The first-order chi connectivity index (χ1) is 9.70. The monoisotopic (exact) mass is 302 g/mol. The number of nitrogens with two attached hydrogens (primary N) is 1. The fourth-order valence-corrected chi connectivity index (χ4v) is 1.89. The molecule has 0 radical (unpaired) electrons. The van der Waals surface area contributed by atoms with Crippen LogP contribution < -0.4 is 5.73 Å². The molecule has 1 aromatic carbocycles. The Bertz CT molecular complexity index is 665. The number of hydrogen-bond donors (Lipinski definition) is 1. The fraction of sp³-hybridized carbons (Fsp3) is 0.214. The third-order valence-corrected chi connectivity index (χ3v) is 2.94. The predicted molar refractivity (Wildman–Crippen MR) is 67.2 cm³/mol. The molecular weight excluding hydrogens is 291 g/mol. The average molecular weight is 302 g/mol. The maximum absolute atomic E-state index is 14.0. The van der Waals surface area contributed by atoms with E-state index in [9.17, 15) is 22.0 Å². The highest BCUT2D eigenvalue weighted by atomic mass is 19.4. The first-order valence-corrected chi connectivity index (χ1v) is 5.98. The van der Waals surface area contributed by atoms with E-state index in [2.05, 4.69) is 4.98 Å². The molecule has 0 aliphatic rings. The molecule has 1 atom stereocenters. The van der Waals surface area contributed by atoms with Crippen LogP contribution in [0.4, 0.5) is 22.0 Å². The van der Waals surface area contributed by atoms with Gasteiger partial charge in [-0.25, -0.2) is 8.78 Å². The van der Waals surface area contributed by atoms with E-state index in [0.29, 0.717) is 6.07 Å². The summed E-state index contributed by atoms with van der Waals surface area (Å²) in [7, 11) is 0. The number of benzene rings is 1. The molecule has 21 heavy (non-hydrogen) atoms. The van der Waals surface area contributed by atoms with Crippen molar-refractivity contribution in [2.45, 2.75) is 19.1 Å². The Morgan fingerprint density at radius 3 is 2.33 bits per heavy atom. The first-order valence-electron chi connectivity index (χ1n) is 5.98. The summed E-state index contributed by atoms with van der Waals surface area (Å²) in [6, 6.07) is 2.85. The summed E-state index contributed by atoms with van der Waals surface area (Å²) < 4.78 is 65.6. The number of aromatic nitrogens is 1. The zero-order valence-corrected chi connectivity index (χ0v) is 10.9. The molecule has 0 spiro atoms. The van der Waals surface area contributed by atoms with Crippen molar-refractivity contribution in [2.75, 3.05) is 0 Å². The van der Waals surface area contributed by atoms with Crippen LogP contribution in [0.5, 0.6) is 0 Å². The van der Waals surface area contributed by atoms with E-state index < -0.39 is 29.5 Å². The van der Waals surface area contributed by atoms with Crippen LogP contribution in [0.1, 0.15) is 24.2 Å². The quantitative estimate of drug-likeness (QED) is 0.849. The molecule has 0 saturated carbocycles. The normalized spacial score (nSPS) is 13.3. The van der Waals surface area contributed by atoms with Crippen LogP contribution in [0.2, 0.25) is 0 Å². The Morgan fingerprint density at radius 1 is 1.10 bits per heavy atom. The van der Waals surface area contributed by atoms with Crippen LogP contribution in [-0.2, 0) is 6.18 Å². The van der Waals surface area contributed by atoms with Crippen molar-refractivity contribution in [3.63, 3.8) is 0 Å². The van der Waals surface area contributed by atoms with E-state index in [1.54, 1.807) is 0 Å². The van der Waals surface area contributed by atoms with Crippen LogP contribution in [0.25, 0.3) is 11.1 Å². The number of hydrogen-bond acceptors (Lipinski definition) is 2. The maximum Gasteiger partial charge on any atom is 0.433 e. The standard InChI is InChI=1S/C14H11F5N2/c1-7(20)9-5-12(16)10(6-11(9)15)8-2-3-21-13(4-8)14(17,18)19/h2-7H,20H2,1H3/t7-/m0/s1. The summed E-state index contributed by atoms with van der Waals surface area (Å²) in [5.74, 6) is -1.62. The Labute approximate surface area is 117 Å². The summed E-state index contributed by atoms with van der Waals surface area (Å²) in [6.45, 7) is 1.48. The van der Waals surface area contributed by atoms with Gasteiger partial charge in [0, 0.05) is 23.4 Å². The van der Waals surface area contributed by atoms with Gasteiger partial charge in [-0.3, -0.25) is 4.98 Å². The largest absolute Gasteiger partial charge is 0.433 e. The summed E-state index contributed by atoms with van der Waals surface area (Å²) in [4.78, 5) is 3.17. The van der Waals surface area contributed by atoms with Crippen LogP contribution in [-0.4, -0.2) is 4.98 Å². The zero-order chi connectivity index (χ0) is 15.8. The van der Waals surface area contributed by atoms with Crippen molar-refractivity contribution >= 4 is 0 Å². The molecule has 2 rings (SSSR count). The maximum atomic E-state index is 14.0. The summed E-state index contributed by atoms with van der Waals surface area (Å²) in [5, 5.41) is 0. The molecule has 7 heteroatoms. The lowest BCUT2D eigenvalue weighted by atomic mass is 10.00. The zero-order valence-electron chi connectivity index (χ0n) is 10.9. The Balaban J connectivity index is 2.55. The molecular formula is C14H11F5N2. The smallest absolute Gasteiger partial charge is 0.324 e. The van der Waals surface area contributed by atoms with Gasteiger partial charge in [0.15, 0.2) is 0 Å². The molecule has 0 aliphatic carbocycles. The first kappa shape index (κ1) is 15.4. The Hall–Kier alpha value is -2.02. The van der Waals surface area contributed by atoms with E-state index in [4.69, 9.17) is 5.73 Å². The van der Waals surface area contributed by atoms with Crippen LogP contribution in [0, 0.1) is 11.6 Å². The molecule has 2 nitrogen and oxygen atoms in total. The van der Waals surface area contributed by atoms with Crippen molar-refractivity contribution < 1.29 is 22.0 Å². The van der Waals surface area contributed by atoms with Crippen molar-refractivity contribution in [3.05, 3.63) is 53.4 Å². The van der Waals surface area contributed by atoms with Gasteiger partial charge in [0.2, 0.25) is 0 Å². The molecule has 2 aromatic rings. The summed E-state index contributed by atoms with van der Waals surface area (Å²) >= 11 is 0. The number of pyridine rings is 1. The highest BCUT2D eigenvalue weighted by Gasteiger charge is 2.32. The number of nitrogens with zero attached hydrogens (tertiary/aromatic N) is 1. The summed E-state index contributed by atoms with van der Waals surface area (Å²) in [6.07, 6.45) is -3.76. The Morgan fingerprint density at radius 2 is 1.76 bits per heavy atom. The van der Waals surface area contributed by atoms with E-state index in [0.717, 1.165) is 18.3 Å². The Kier molecular flexibility index (Phi) is 3.95. The SMILES string of the molecule is C[C@H](N)c1cc(F)c(-c2ccnc(C(F)(F)F)c2)cc1F.